The molecule has 3 rings (SSSR count). The van der Waals surface area contributed by atoms with Gasteiger partial charge in [0.25, 0.3) is 0 Å². The van der Waals surface area contributed by atoms with Crippen LogP contribution in [-0.2, 0) is 0 Å². The summed E-state index contributed by atoms with van der Waals surface area (Å²) < 4.78 is 13.5. The van der Waals surface area contributed by atoms with Crippen molar-refractivity contribution >= 4 is 17.1 Å². The van der Waals surface area contributed by atoms with E-state index in [9.17, 15) is 19.4 Å². The monoisotopic (exact) mass is 460 g/mol. The zero-order valence-electron chi connectivity index (χ0n) is 19.8. The average Bonchev–Trinajstić information content (AvgIpc) is 3.27. The van der Waals surface area contributed by atoms with Crippen molar-refractivity contribution in [3.8, 4) is 21.9 Å². The number of aliphatic hydroxyl groups is 1. The van der Waals surface area contributed by atoms with Gasteiger partial charge in [0.1, 0.15) is 17.3 Å². The van der Waals surface area contributed by atoms with Gasteiger partial charge in [-0.2, -0.15) is 0 Å². The van der Waals surface area contributed by atoms with Gasteiger partial charge in [-0.1, -0.05) is 19.9 Å². The van der Waals surface area contributed by atoms with Gasteiger partial charge in [0.2, 0.25) is 5.78 Å². The molecule has 0 aliphatic carbocycles. The van der Waals surface area contributed by atoms with Crippen LogP contribution in [0.5, 0.6) is 11.5 Å². The van der Waals surface area contributed by atoms with Gasteiger partial charge in [-0.05, 0) is 74.7 Å². The molecule has 0 saturated carbocycles. The predicted molar refractivity (Wildman–Crippen MR) is 132 cm³/mol. The SMILES string of the molecule is C=CC.CC.CO.Cc1cc(-c2ccc(C(=O)c3cc(F)cc(O)c3C)s2)cc(C)c1O. The minimum absolute atomic E-state index is 0.156. The van der Waals surface area contributed by atoms with E-state index in [0.717, 1.165) is 40.8 Å². The molecule has 4 nitrogen and oxygen atoms in total. The molecule has 174 valence electrons. The lowest BCUT2D eigenvalue weighted by molar-refractivity contribution is 0.104. The summed E-state index contributed by atoms with van der Waals surface area (Å²) in [4.78, 5) is 14.0. The first-order valence-electron chi connectivity index (χ1n) is 10.2. The fourth-order valence-electron chi connectivity index (χ4n) is 2.75. The molecule has 0 atom stereocenters. The van der Waals surface area contributed by atoms with Gasteiger partial charge in [-0.25, -0.2) is 4.39 Å². The number of allylic oxidation sites excluding steroid dienone is 1. The van der Waals surface area contributed by atoms with E-state index in [0.29, 0.717) is 10.4 Å². The Bertz CT molecular complexity index is 1020. The number of ketones is 1. The quantitative estimate of drug-likeness (QED) is 0.292. The number of aromatic hydroxyl groups is 2. The van der Waals surface area contributed by atoms with Crippen molar-refractivity contribution in [1.29, 1.82) is 0 Å². The van der Waals surface area contributed by atoms with E-state index in [1.54, 1.807) is 19.1 Å². The second-order valence-corrected chi connectivity index (χ2v) is 7.54. The van der Waals surface area contributed by atoms with Gasteiger partial charge in [-0.15, -0.1) is 17.9 Å². The molecule has 2 aromatic carbocycles. The first-order chi connectivity index (χ1) is 15.2. The van der Waals surface area contributed by atoms with E-state index in [4.69, 9.17) is 5.11 Å². The summed E-state index contributed by atoms with van der Waals surface area (Å²) >= 11 is 1.30. The maximum Gasteiger partial charge on any atom is 0.203 e. The molecule has 0 saturated heterocycles. The lowest BCUT2D eigenvalue weighted by Crippen LogP contribution is -2.02. The average molecular weight is 461 g/mol. The molecule has 1 heterocycles. The maximum atomic E-state index is 13.5. The summed E-state index contributed by atoms with van der Waals surface area (Å²) in [6.07, 6.45) is 1.75. The van der Waals surface area contributed by atoms with Crippen molar-refractivity contribution in [2.24, 2.45) is 0 Å². The number of aliphatic hydroxyl groups excluding tert-OH is 1. The largest absolute Gasteiger partial charge is 0.508 e. The number of carbonyl (C=O) groups is 1. The third kappa shape index (κ3) is 7.32. The molecule has 32 heavy (non-hydrogen) atoms. The van der Waals surface area contributed by atoms with E-state index in [-0.39, 0.29) is 22.8 Å². The zero-order valence-corrected chi connectivity index (χ0v) is 20.6. The number of thiophene rings is 1. The molecular formula is C26H33FO4S. The van der Waals surface area contributed by atoms with Crippen LogP contribution in [-0.4, -0.2) is 28.2 Å². The van der Waals surface area contributed by atoms with E-state index < -0.39 is 5.82 Å². The third-order valence-corrected chi connectivity index (χ3v) is 5.33. The van der Waals surface area contributed by atoms with Crippen LogP contribution in [0.3, 0.4) is 0 Å². The van der Waals surface area contributed by atoms with Gasteiger partial charge >= 0.3 is 0 Å². The van der Waals surface area contributed by atoms with Crippen molar-refractivity contribution in [3.63, 3.8) is 0 Å². The summed E-state index contributed by atoms with van der Waals surface area (Å²) in [5.74, 6) is -0.934. The number of aryl methyl sites for hydroxylation is 2. The predicted octanol–water partition coefficient (Wildman–Crippen LogP) is 6.95. The minimum atomic E-state index is -0.645. The first-order valence-corrected chi connectivity index (χ1v) is 11.0. The molecular weight excluding hydrogens is 427 g/mol. The Kier molecular flexibility index (Phi) is 12.9. The molecule has 3 N–H and O–H groups in total. The topological polar surface area (TPSA) is 77.8 Å². The van der Waals surface area contributed by atoms with E-state index in [2.05, 4.69) is 6.58 Å². The van der Waals surface area contributed by atoms with Gasteiger partial charge < -0.3 is 15.3 Å². The van der Waals surface area contributed by atoms with Gasteiger partial charge in [-0.3, -0.25) is 4.79 Å². The summed E-state index contributed by atoms with van der Waals surface area (Å²) in [7, 11) is 1.00. The third-order valence-electron chi connectivity index (χ3n) is 4.20. The molecule has 0 radical (unpaired) electrons. The van der Waals surface area contributed by atoms with E-state index in [1.807, 2.05) is 52.8 Å². The molecule has 0 aliphatic heterocycles. The number of phenolic OH excluding ortho intramolecular Hbond substituents is 2. The van der Waals surface area contributed by atoms with Crippen LogP contribution in [0.1, 0.15) is 52.7 Å². The molecule has 0 amide bonds. The van der Waals surface area contributed by atoms with Gasteiger partial charge in [0.15, 0.2) is 0 Å². The molecule has 0 spiro atoms. The smallest absolute Gasteiger partial charge is 0.203 e. The summed E-state index contributed by atoms with van der Waals surface area (Å²) in [5.41, 5.74) is 2.96. The number of hydrogen-bond acceptors (Lipinski definition) is 5. The fraction of sp³-hybridized carbons (Fsp3) is 0.269. The van der Waals surface area contributed by atoms with E-state index >= 15 is 0 Å². The Labute approximate surface area is 194 Å². The van der Waals surface area contributed by atoms with Crippen LogP contribution in [0.2, 0.25) is 0 Å². The normalized spacial score (nSPS) is 9.28. The lowest BCUT2D eigenvalue weighted by Gasteiger charge is -2.07. The number of carbonyl (C=O) groups excluding carboxylic acids is 1. The highest BCUT2D eigenvalue weighted by Gasteiger charge is 2.18. The van der Waals surface area contributed by atoms with Crippen LogP contribution >= 0.6 is 11.3 Å². The highest BCUT2D eigenvalue weighted by Crippen LogP contribution is 2.34. The summed E-state index contributed by atoms with van der Waals surface area (Å²) in [6.45, 7) is 14.5. The number of halogens is 1. The number of rotatable bonds is 3. The molecule has 0 unspecified atom stereocenters. The molecule has 1 aromatic heterocycles. The van der Waals surface area contributed by atoms with Crippen molar-refractivity contribution in [3.05, 3.63) is 82.0 Å². The second kappa shape index (κ2) is 14.2. The molecule has 0 aliphatic rings. The maximum absolute atomic E-state index is 13.5. The number of hydrogen-bond donors (Lipinski definition) is 3. The van der Waals surface area contributed by atoms with Crippen molar-refractivity contribution in [1.82, 2.24) is 0 Å². The molecule has 6 heteroatoms. The molecule has 3 aromatic rings. The van der Waals surface area contributed by atoms with Gasteiger partial charge in [0.05, 0.1) is 4.88 Å². The Balaban J connectivity index is 0.00000124. The van der Waals surface area contributed by atoms with Crippen LogP contribution in [0.25, 0.3) is 10.4 Å². The molecule has 0 fully saturated rings. The summed E-state index contributed by atoms with van der Waals surface area (Å²) in [6, 6.07) is 9.39. The number of phenols is 2. The molecule has 0 bridgehead atoms. The lowest BCUT2D eigenvalue weighted by atomic mass is 10.0. The highest BCUT2D eigenvalue weighted by molar-refractivity contribution is 7.17. The van der Waals surface area contributed by atoms with Crippen LogP contribution in [0.15, 0.2) is 49.1 Å². The van der Waals surface area contributed by atoms with E-state index in [1.165, 1.54) is 11.3 Å². The van der Waals surface area contributed by atoms with Crippen molar-refractivity contribution < 1.29 is 24.5 Å². The van der Waals surface area contributed by atoms with Crippen LogP contribution < -0.4 is 0 Å². The Morgan fingerprint density at radius 3 is 2.00 bits per heavy atom. The summed E-state index contributed by atoms with van der Waals surface area (Å²) in [5, 5.41) is 26.6. The minimum Gasteiger partial charge on any atom is -0.508 e. The fourth-order valence-corrected chi connectivity index (χ4v) is 3.69. The Morgan fingerprint density at radius 2 is 1.50 bits per heavy atom. The standard InChI is InChI=1S/C20H17FO3S.C3H6.C2H6.CH4O/c1-10-6-13(7-11(2)19(10)23)17-4-5-18(25-17)20(24)15-8-14(21)9-16(22)12(15)3;1-3-2;2*1-2/h4-9,22-23H,1-3H3;3H,1H2,2H3;1-2H3;2H,1H3. The van der Waals surface area contributed by atoms with Crippen LogP contribution in [0.4, 0.5) is 4.39 Å². The Hall–Kier alpha value is -2.96. The van der Waals surface area contributed by atoms with Gasteiger partial charge in [0, 0.05) is 29.2 Å². The zero-order chi connectivity index (χ0) is 25.0. The van der Waals surface area contributed by atoms with Crippen LogP contribution in [0, 0.1) is 26.6 Å². The van der Waals surface area contributed by atoms with Crippen molar-refractivity contribution in [2.75, 3.05) is 7.11 Å². The van der Waals surface area contributed by atoms with Crippen molar-refractivity contribution in [2.45, 2.75) is 41.5 Å². The number of benzene rings is 2. The Morgan fingerprint density at radius 1 is 1.00 bits per heavy atom. The second-order valence-electron chi connectivity index (χ2n) is 6.46. The highest BCUT2D eigenvalue weighted by atomic mass is 32.1. The first kappa shape index (κ1) is 29.0.